The minimum atomic E-state index is -3.52. The van der Waals surface area contributed by atoms with Gasteiger partial charge < -0.3 is 15.0 Å². The number of methoxy groups -OCH3 is 1. The highest BCUT2D eigenvalue weighted by molar-refractivity contribution is 7.89. The standard InChI is InChI=1S/C20H25N3O3S2/c1-15-5-4-6-19(16(15)2)21-20(27)22-11-13-23(14-12-22)28(24,25)18-9-7-17(26-3)8-10-18/h4-10H,11-14H2,1-3H3,(H,21,27). The number of nitrogens with zero attached hydrogens (tertiary/aromatic N) is 2. The molecule has 1 heterocycles. The first-order valence-electron chi connectivity index (χ1n) is 9.09. The maximum absolute atomic E-state index is 12.9. The zero-order valence-corrected chi connectivity index (χ0v) is 17.9. The third kappa shape index (κ3) is 4.29. The fourth-order valence-electron chi connectivity index (χ4n) is 3.11. The number of hydrogen-bond acceptors (Lipinski definition) is 4. The van der Waals surface area contributed by atoms with Crippen LogP contribution in [0.15, 0.2) is 47.4 Å². The van der Waals surface area contributed by atoms with Crippen LogP contribution in [0, 0.1) is 13.8 Å². The lowest BCUT2D eigenvalue weighted by molar-refractivity contribution is 0.268. The van der Waals surface area contributed by atoms with Gasteiger partial charge in [-0.05, 0) is 67.5 Å². The van der Waals surface area contributed by atoms with Crippen LogP contribution in [-0.4, -0.2) is 56.0 Å². The van der Waals surface area contributed by atoms with Gasteiger partial charge in [0.05, 0.1) is 12.0 Å². The molecule has 3 rings (SSSR count). The predicted octanol–water partition coefficient (Wildman–Crippen LogP) is 3.02. The zero-order chi connectivity index (χ0) is 20.3. The average Bonchev–Trinajstić information content (AvgIpc) is 2.71. The van der Waals surface area contributed by atoms with Crippen LogP contribution in [0.5, 0.6) is 5.75 Å². The highest BCUT2D eigenvalue weighted by Crippen LogP contribution is 2.22. The summed E-state index contributed by atoms with van der Waals surface area (Å²) in [6.45, 7) is 6.00. The predicted molar refractivity (Wildman–Crippen MR) is 115 cm³/mol. The second-order valence-corrected chi connectivity index (χ2v) is 9.07. The van der Waals surface area contributed by atoms with Crippen molar-refractivity contribution < 1.29 is 13.2 Å². The highest BCUT2D eigenvalue weighted by Gasteiger charge is 2.29. The first kappa shape index (κ1) is 20.6. The number of piperazine rings is 1. The number of anilines is 1. The van der Waals surface area contributed by atoms with Crippen molar-refractivity contribution in [1.29, 1.82) is 0 Å². The summed E-state index contributed by atoms with van der Waals surface area (Å²) in [5.41, 5.74) is 3.34. The SMILES string of the molecule is COc1ccc(S(=O)(=O)N2CCN(C(=S)Nc3cccc(C)c3C)CC2)cc1. The van der Waals surface area contributed by atoms with Crippen LogP contribution in [0.2, 0.25) is 0 Å². The van der Waals surface area contributed by atoms with Gasteiger partial charge in [-0.25, -0.2) is 8.42 Å². The smallest absolute Gasteiger partial charge is 0.243 e. The molecule has 1 fully saturated rings. The Morgan fingerprint density at radius 1 is 1.04 bits per heavy atom. The molecule has 0 bridgehead atoms. The van der Waals surface area contributed by atoms with Gasteiger partial charge in [0.2, 0.25) is 10.0 Å². The summed E-state index contributed by atoms with van der Waals surface area (Å²) >= 11 is 5.55. The molecule has 0 saturated carbocycles. The van der Waals surface area contributed by atoms with Crippen LogP contribution in [0.3, 0.4) is 0 Å². The number of rotatable bonds is 4. The Morgan fingerprint density at radius 2 is 1.68 bits per heavy atom. The second-order valence-electron chi connectivity index (χ2n) is 6.74. The van der Waals surface area contributed by atoms with E-state index in [0.29, 0.717) is 37.0 Å². The van der Waals surface area contributed by atoms with Gasteiger partial charge in [-0.1, -0.05) is 12.1 Å². The van der Waals surface area contributed by atoms with E-state index in [0.717, 1.165) is 11.3 Å². The van der Waals surface area contributed by atoms with E-state index in [9.17, 15) is 8.42 Å². The first-order chi connectivity index (χ1) is 13.3. The number of aryl methyl sites for hydroxylation is 1. The Morgan fingerprint density at radius 3 is 2.29 bits per heavy atom. The van der Waals surface area contributed by atoms with E-state index in [1.54, 1.807) is 31.4 Å². The van der Waals surface area contributed by atoms with Gasteiger partial charge in [0.1, 0.15) is 5.75 Å². The monoisotopic (exact) mass is 419 g/mol. The summed E-state index contributed by atoms with van der Waals surface area (Å²) in [6.07, 6.45) is 0. The molecule has 6 nitrogen and oxygen atoms in total. The van der Waals surface area contributed by atoms with Gasteiger partial charge in [-0.3, -0.25) is 0 Å². The molecule has 0 radical (unpaired) electrons. The van der Waals surface area contributed by atoms with E-state index < -0.39 is 10.0 Å². The maximum Gasteiger partial charge on any atom is 0.243 e. The molecule has 8 heteroatoms. The fourth-order valence-corrected chi connectivity index (χ4v) is 4.82. The van der Waals surface area contributed by atoms with E-state index in [1.807, 2.05) is 17.0 Å². The van der Waals surface area contributed by atoms with Crippen LogP contribution >= 0.6 is 12.2 Å². The molecule has 0 unspecified atom stereocenters. The number of hydrogen-bond donors (Lipinski definition) is 1. The molecule has 0 amide bonds. The first-order valence-corrected chi connectivity index (χ1v) is 10.9. The lowest BCUT2D eigenvalue weighted by Gasteiger charge is -2.35. The number of nitrogens with one attached hydrogen (secondary N) is 1. The quantitative estimate of drug-likeness (QED) is 0.769. The Balaban J connectivity index is 1.63. The molecule has 1 N–H and O–H groups in total. The summed E-state index contributed by atoms with van der Waals surface area (Å²) in [5.74, 6) is 0.631. The second kappa shape index (κ2) is 8.46. The molecule has 28 heavy (non-hydrogen) atoms. The van der Waals surface area contributed by atoms with Gasteiger partial charge in [-0.15, -0.1) is 0 Å². The molecule has 0 atom stereocenters. The molecule has 1 aliphatic heterocycles. The topological polar surface area (TPSA) is 61.9 Å². The normalized spacial score (nSPS) is 15.3. The van der Waals surface area contributed by atoms with Crippen molar-refractivity contribution in [2.24, 2.45) is 0 Å². The van der Waals surface area contributed by atoms with Crippen molar-refractivity contribution in [1.82, 2.24) is 9.21 Å². The molecule has 1 saturated heterocycles. The summed E-state index contributed by atoms with van der Waals surface area (Å²) in [6, 6.07) is 12.5. The minimum Gasteiger partial charge on any atom is -0.497 e. The van der Waals surface area contributed by atoms with Gasteiger partial charge in [-0.2, -0.15) is 4.31 Å². The number of thiocarbonyl (C=S) groups is 1. The Hall–Kier alpha value is -2.16. The van der Waals surface area contributed by atoms with Crippen LogP contribution in [-0.2, 0) is 10.0 Å². The Labute approximate surface area is 172 Å². The van der Waals surface area contributed by atoms with Gasteiger partial charge in [0.25, 0.3) is 0 Å². The third-order valence-electron chi connectivity index (χ3n) is 5.07. The number of sulfonamides is 1. The van der Waals surface area contributed by atoms with Crippen LogP contribution < -0.4 is 10.1 Å². The van der Waals surface area contributed by atoms with Gasteiger partial charge >= 0.3 is 0 Å². The molecular weight excluding hydrogens is 394 g/mol. The Kier molecular flexibility index (Phi) is 6.22. The van der Waals surface area contributed by atoms with Crippen LogP contribution in [0.1, 0.15) is 11.1 Å². The summed E-state index contributed by atoms with van der Waals surface area (Å²) < 4.78 is 32.3. The van der Waals surface area contributed by atoms with Crippen molar-refractivity contribution in [3.05, 3.63) is 53.6 Å². The highest BCUT2D eigenvalue weighted by atomic mass is 32.2. The van der Waals surface area contributed by atoms with Crippen LogP contribution in [0.4, 0.5) is 5.69 Å². The lowest BCUT2D eigenvalue weighted by atomic mass is 10.1. The molecular formula is C20H25N3O3S2. The molecule has 1 aliphatic rings. The Bertz CT molecular complexity index is 951. The van der Waals surface area contributed by atoms with Crippen molar-refractivity contribution in [3.63, 3.8) is 0 Å². The summed E-state index contributed by atoms with van der Waals surface area (Å²) in [5, 5.41) is 3.91. The van der Waals surface area contributed by atoms with Crippen molar-refractivity contribution in [2.45, 2.75) is 18.7 Å². The molecule has 150 valence electrons. The minimum absolute atomic E-state index is 0.276. The van der Waals surface area contributed by atoms with Gasteiger partial charge in [0, 0.05) is 31.9 Å². The van der Waals surface area contributed by atoms with Crippen molar-refractivity contribution in [2.75, 3.05) is 38.6 Å². The summed E-state index contributed by atoms with van der Waals surface area (Å²) in [7, 11) is -1.97. The number of ether oxygens (including phenoxy) is 1. The molecule has 2 aromatic carbocycles. The molecule has 0 aromatic heterocycles. The maximum atomic E-state index is 12.9. The zero-order valence-electron chi connectivity index (χ0n) is 16.3. The average molecular weight is 420 g/mol. The summed E-state index contributed by atoms with van der Waals surface area (Å²) in [4.78, 5) is 2.29. The van der Waals surface area contributed by atoms with E-state index in [4.69, 9.17) is 17.0 Å². The van der Waals surface area contributed by atoms with Crippen molar-refractivity contribution >= 4 is 33.0 Å². The van der Waals surface area contributed by atoms with E-state index >= 15 is 0 Å². The van der Waals surface area contributed by atoms with E-state index in [2.05, 4.69) is 25.2 Å². The van der Waals surface area contributed by atoms with Crippen molar-refractivity contribution in [3.8, 4) is 5.75 Å². The number of benzene rings is 2. The molecule has 0 spiro atoms. The molecule has 2 aromatic rings. The van der Waals surface area contributed by atoms with Crippen LogP contribution in [0.25, 0.3) is 0 Å². The van der Waals surface area contributed by atoms with Gasteiger partial charge in [0.15, 0.2) is 5.11 Å². The molecule has 0 aliphatic carbocycles. The lowest BCUT2D eigenvalue weighted by Crippen LogP contribution is -2.51. The fraction of sp³-hybridized carbons (Fsp3) is 0.350. The van der Waals surface area contributed by atoms with E-state index in [1.165, 1.54) is 9.87 Å². The largest absolute Gasteiger partial charge is 0.497 e. The third-order valence-corrected chi connectivity index (χ3v) is 7.34. The van der Waals surface area contributed by atoms with E-state index in [-0.39, 0.29) is 4.90 Å².